The molecule has 1 aliphatic heterocycles. The van der Waals surface area contributed by atoms with E-state index in [0.717, 1.165) is 18.7 Å². The molecular formula is C15H18N4O. The van der Waals surface area contributed by atoms with Crippen molar-refractivity contribution in [3.05, 3.63) is 52.8 Å². The van der Waals surface area contributed by atoms with E-state index in [1.807, 2.05) is 13.0 Å². The summed E-state index contributed by atoms with van der Waals surface area (Å²) in [5, 5.41) is 13.1. The predicted molar refractivity (Wildman–Crippen MR) is 76.5 cm³/mol. The van der Waals surface area contributed by atoms with Crippen LogP contribution >= 0.6 is 0 Å². The molecule has 0 saturated heterocycles. The fourth-order valence-electron chi connectivity index (χ4n) is 2.59. The lowest BCUT2D eigenvalue weighted by molar-refractivity contribution is 0.0944. The maximum absolute atomic E-state index is 12.0. The van der Waals surface area contributed by atoms with Crippen molar-refractivity contribution in [1.29, 1.82) is 0 Å². The molecule has 0 bridgehead atoms. The van der Waals surface area contributed by atoms with Gasteiger partial charge in [-0.05, 0) is 37.1 Å². The van der Waals surface area contributed by atoms with Gasteiger partial charge in [0.1, 0.15) is 5.69 Å². The number of nitrogens with zero attached hydrogens (tertiary/aromatic N) is 1. The standard InChI is InChI=1S/C15H18N4O/c1-10-8-13(19-18-10)15(20)17-9-14-12-5-3-2-4-11(12)6-7-16-14/h2-5,8,14,16H,6-7,9H2,1H3,(H,17,20)(H,18,19). The van der Waals surface area contributed by atoms with Gasteiger partial charge in [0, 0.05) is 18.3 Å². The first-order valence-corrected chi connectivity index (χ1v) is 6.85. The van der Waals surface area contributed by atoms with Crippen molar-refractivity contribution in [2.75, 3.05) is 13.1 Å². The summed E-state index contributed by atoms with van der Waals surface area (Å²) in [5.41, 5.74) is 3.96. The molecule has 0 spiro atoms. The van der Waals surface area contributed by atoms with E-state index in [1.165, 1.54) is 11.1 Å². The Labute approximate surface area is 117 Å². The highest BCUT2D eigenvalue weighted by Crippen LogP contribution is 2.21. The zero-order valence-electron chi connectivity index (χ0n) is 11.4. The Bertz CT molecular complexity index is 620. The molecule has 1 unspecified atom stereocenters. The predicted octanol–water partition coefficient (Wildman–Crippen LogP) is 1.33. The second kappa shape index (κ2) is 5.46. The molecule has 20 heavy (non-hydrogen) atoms. The van der Waals surface area contributed by atoms with Gasteiger partial charge in [0.15, 0.2) is 0 Å². The van der Waals surface area contributed by atoms with E-state index in [4.69, 9.17) is 0 Å². The van der Waals surface area contributed by atoms with Gasteiger partial charge in [-0.1, -0.05) is 24.3 Å². The van der Waals surface area contributed by atoms with E-state index >= 15 is 0 Å². The number of carbonyl (C=O) groups excluding carboxylic acids is 1. The minimum Gasteiger partial charge on any atom is -0.349 e. The Morgan fingerprint density at radius 3 is 3.10 bits per heavy atom. The molecule has 0 saturated carbocycles. The van der Waals surface area contributed by atoms with Gasteiger partial charge in [-0.2, -0.15) is 5.10 Å². The van der Waals surface area contributed by atoms with Crippen LogP contribution in [0.2, 0.25) is 0 Å². The minimum absolute atomic E-state index is 0.140. The van der Waals surface area contributed by atoms with Gasteiger partial charge in [-0.15, -0.1) is 0 Å². The normalized spacial score (nSPS) is 17.6. The fourth-order valence-corrected chi connectivity index (χ4v) is 2.59. The second-order valence-electron chi connectivity index (χ2n) is 5.10. The molecule has 1 aliphatic rings. The van der Waals surface area contributed by atoms with Crippen LogP contribution in [-0.4, -0.2) is 29.2 Å². The number of amides is 1. The Kier molecular flexibility index (Phi) is 3.52. The van der Waals surface area contributed by atoms with Gasteiger partial charge in [0.25, 0.3) is 5.91 Å². The minimum atomic E-state index is -0.140. The van der Waals surface area contributed by atoms with E-state index in [2.05, 4.69) is 39.0 Å². The van der Waals surface area contributed by atoms with Crippen LogP contribution in [-0.2, 0) is 6.42 Å². The molecular weight excluding hydrogens is 252 g/mol. The third-order valence-electron chi connectivity index (χ3n) is 3.62. The number of rotatable bonds is 3. The zero-order valence-corrected chi connectivity index (χ0v) is 11.4. The number of aromatic nitrogens is 2. The molecule has 104 valence electrons. The van der Waals surface area contributed by atoms with Gasteiger partial charge in [-0.3, -0.25) is 9.89 Å². The summed E-state index contributed by atoms with van der Waals surface area (Å²) >= 11 is 0. The molecule has 2 aromatic rings. The summed E-state index contributed by atoms with van der Waals surface area (Å²) in [7, 11) is 0. The lowest BCUT2D eigenvalue weighted by atomic mass is 9.94. The number of aromatic amines is 1. The van der Waals surface area contributed by atoms with Crippen molar-refractivity contribution < 1.29 is 4.79 Å². The summed E-state index contributed by atoms with van der Waals surface area (Å²) < 4.78 is 0. The number of nitrogens with one attached hydrogen (secondary N) is 3. The van der Waals surface area contributed by atoms with E-state index < -0.39 is 0 Å². The Hall–Kier alpha value is -2.14. The first kappa shape index (κ1) is 12.9. The second-order valence-corrected chi connectivity index (χ2v) is 5.10. The lowest BCUT2D eigenvalue weighted by Gasteiger charge is -2.27. The van der Waals surface area contributed by atoms with Crippen molar-refractivity contribution in [3.8, 4) is 0 Å². The van der Waals surface area contributed by atoms with Gasteiger partial charge in [0.05, 0.1) is 0 Å². The molecule has 0 fully saturated rings. The van der Waals surface area contributed by atoms with Crippen LogP contribution in [0.15, 0.2) is 30.3 Å². The number of H-pyrrole nitrogens is 1. The van der Waals surface area contributed by atoms with E-state index in [-0.39, 0.29) is 11.9 Å². The summed E-state index contributed by atoms with van der Waals surface area (Å²) in [4.78, 5) is 12.0. The molecule has 1 amide bonds. The summed E-state index contributed by atoms with van der Waals surface area (Å²) in [6, 6.07) is 10.3. The molecule has 0 aliphatic carbocycles. The van der Waals surface area contributed by atoms with Crippen molar-refractivity contribution in [3.63, 3.8) is 0 Å². The van der Waals surface area contributed by atoms with Crippen molar-refractivity contribution in [2.24, 2.45) is 0 Å². The average molecular weight is 270 g/mol. The first-order chi connectivity index (χ1) is 9.74. The fraction of sp³-hybridized carbons (Fsp3) is 0.333. The molecule has 3 N–H and O–H groups in total. The average Bonchev–Trinajstić information content (AvgIpc) is 2.91. The number of aryl methyl sites for hydroxylation is 1. The molecule has 1 atom stereocenters. The SMILES string of the molecule is Cc1cc(C(=O)NCC2NCCc3ccccc32)n[nH]1. The highest BCUT2D eigenvalue weighted by molar-refractivity contribution is 5.92. The smallest absolute Gasteiger partial charge is 0.271 e. The van der Waals surface area contributed by atoms with Crippen LogP contribution in [0.25, 0.3) is 0 Å². The largest absolute Gasteiger partial charge is 0.349 e. The van der Waals surface area contributed by atoms with Crippen LogP contribution in [0, 0.1) is 6.92 Å². The van der Waals surface area contributed by atoms with Crippen LogP contribution < -0.4 is 10.6 Å². The van der Waals surface area contributed by atoms with Crippen LogP contribution in [0.4, 0.5) is 0 Å². The molecule has 2 heterocycles. The summed E-state index contributed by atoms with van der Waals surface area (Å²) in [6.07, 6.45) is 1.04. The molecule has 0 radical (unpaired) electrons. The maximum atomic E-state index is 12.0. The monoisotopic (exact) mass is 270 g/mol. The van der Waals surface area contributed by atoms with E-state index in [1.54, 1.807) is 6.07 Å². The summed E-state index contributed by atoms with van der Waals surface area (Å²) in [6.45, 7) is 3.39. The van der Waals surface area contributed by atoms with Crippen molar-refractivity contribution in [2.45, 2.75) is 19.4 Å². The van der Waals surface area contributed by atoms with Gasteiger partial charge >= 0.3 is 0 Å². The number of benzene rings is 1. The number of carbonyl (C=O) groups is 1. The lowest BCUT2D eigenvalue weighted by Crippen LogP contribution is -2.38. The first-order valence-electron chi connectivity index (χ1n) is 6.85. The van der Waals surface area contributed by atoms with Gasteiger partial charge in [-0.25, -0.2) is 0 Å². The van der Waals surface area contributed by atoms with Gasteiger partial charge < -0.3 is 10.6 Å². The summed E-state index contributed by atoms with van der Waals surface area (Å²) in [5.74, 6) is -0.140. The number of hydrogen-bond donors (Lipinski definition) is 3. The molecule has 1 aromatic heterocycles. The van der Waals surface area contributed by atoms with Crippen molar-refractivity contribution in [1.82, 2.24) is 20.8 Å². The topological polar surface area (TPSA) is 69.8 Å². The third kappa shape index (κ3) is 2.58. The zero-order chi connectivity index (χ0) is 13.9. The van der Waals surface area contributed by atoms with Crippen LogP contribution in [0.5, 0.6) is 0 Å². The Morgan fingerprint density at radius 1 is 1.45 bits per heavy atom. The Morgan fingerprint density at radius 2 is 2.30 bits per heavy atom. The van der Waals surface area contributed by atoms with Crippen LogP contribution in [0.1, 0.15) is 33.4 Å². The quantitative estimate of drug-likeness (QED) is 0.788. The Balaban J connectivity index is 1.66. The highest BCUT2D eigenvalue weighted by Gasteiger charge is 2.20. The molecule has 5 heteroatoms. The molecule has 5 nitrogen and oxygen atoms in total. The molecule has 1 aromatic carbocycles. The van der Waals surface area contributed by atoms with Crippen LogP contribution in [0.3, 0.4) is 0 Å². The van der Waals surface area contributed by atoms with E-state index in [0.29, 0.717) is 12.2 Å². The highest BCUT2D eigenvalue weighted by atomic mass is 16.1. The third-order valence-corrected chi connectivity index (χ3v) is 3.62. The van der Waals surface area contributed by atoms with Crippen molar-refractivity contribution >= 4 is 5.91 Å². The number of hydrogen-bond acceptors (Lipinski definition) is 3. The van der Waals surface area contributed by atoms with E-state index in [9.17, 15) is 4.79 Å². The number of fused-ring (bicyclic) bond motifs is 1. The van der Waals surface area contributed by atoms with Gasteiger partial charge in [0.2, 0.25) is 0 Å². The molecule has 3 rings (SSSR count). The maximum Gasteiger partial charge on any atom is 0.271 e.